The Morgan fingerprint density at radius 2 is 2.23 bits per heavy atom. The molecule has 0 aromatic heterocycles. The van der Waals surface area contributed by atoms with Crippen LogP contribution in [0.4, 0.5) is 0 Å². The molecule has 1 N–H and O–H groups in total. The maximum Gasteiger partial charge on any atom is 0.220 e. The molecular weight excluding hydrogens is 166 g/mol. The van der Waals surface area contributed by atoms with Crippen LogP contribution in [0, 0.1) is 5.41 Å². The normalized spacial score (nSPS) is 37.8. The highest BCUT2D eigenvalue weighted by Crippen LogP contribution is 2.43. The summed E-state index contributed by atoms with van der Waals surface area (Å²) in [6, 6.07) is 0. The molecule has 0 saturated carbocycles. The summed E-state index contributed by atoms with van der Waals surface area (Å²) < 4.78 is 5.65. The molecule has 2 rings (SSSR count). The molecule has 74 valence electrons. The van der Waals surface area contributed by atoms with E-state index in [1.807, 2.05) is 0 Å². The number of ether oxygens (including phenoxy) is 1. The zero-order valence-electron chi connectivity index (χ0n) is 8.35. The first-order chi connectivity index (χ1) is 6.02. The molecule has 3 heteroatoms. The van der Waals surface area contributed by atoms with Gasteiger partial charge in [-0.25, -0.2) is 0 Å². The maximum absolute atomic E-state index is 11.2. The zero-order valence-corrected chi connectivity index (χ0v) is 8.35. The van der Waals surface area contributed by atoms with Crippen molar-refractivity contribution in [2.45, 2.75) is 38.7 Å². The summed E-state index contributed by atoms with van der Waals surface area (Å²) in [5, 5.41) is 2.92. The highest BCUT2D eigenvalue weighted by molar-refractivity contribution is 5.79. The van der Waals surface area contributed by atoms with E-state index < -0.39 is 0 Å². The number of hydrogen-bond donors (Lipinski definition) is 1. The first-order valence-corrected chi connectivity index (χ1v) is 4.92. The summed E-state index contributed by atoms with van der Waals surface area (Å²) in [4.78, 5) is 11.2. The molecule has 0 radical (unpaired) electrons. The number of hydrogen-bond acceptors (Lipinski definition) is 2. The van der Waals surface area contributed by atoms with Crippen molar-refractivity contribution in [3.63, 3.8) is 0 Å². The van der Waals surface area contributed by atoms with Gasteiger partial charge in [-0.15, -0.1) is 0 Å². The summed E-state index contributed by atoms with van der Waals surface area (Å²) in [5.74, 6) is 0.206. The molecule has 2 saturated heterocycles. The molecular formula is C10H17NO2. The first kappa shape index (κ1) is 9.00. The predicted octanol–water partition coefficient (Wildman–Crippen LogP) is 1.08. The van der Waals surface area contributed by atoms with Gasteiger partial charge in [-0.1, -0.05) is 0 Å². The standard InChI is InChI=1S/C10H17NO2/c1-9(2)6-10(3-4-13-9)5-8(12)11-7-10/h3-7H2,1-2H3,(H,11,12). The lowest BCUT2D eigenvalue weighted by molar-refractivity contribution is -0.122. The Morgan fingerprint density at radius 3 is 2.77 bits per heavy atom. The minimum atomic E-state index is -0.0510. The molecule has 1 amide bonds. The lowest BCUT2D eigenvalue weighted by atomic mass is 9.73. The van der Waals surface area contributed by atoms with E-state index in [1.165, 1.54) is 0 Å². The van der Waals surface area contributed by atoms with Crippen LogP contribution in [0.2, 0.25) is 0 Å². The van der Waals surface area contributed by atoms with E-state index in [-0.39, 0.29) is 16.9 Å². The average Bonchev–Trinajstić information content (AvgIpc) is 2.29. The Balaban J connectivity index is 2.11. The Labute approximate surface area is 78.8 Å². The smallest absolute Gasteiger partial charge is 0.220 e. The van der Waals surface area contributed by atoms with Crippen LogP contribution in [-0.2, 0) is 9.53 Å². The number of amides is 1. The lowest BCUT2D eigenvalue weighted by Gasteiger charge is -2.41. The lowest BCUT2D eigenvalue weighted by Crippen LogP contribution is -2.42. The quantitative estimate of drug-likeness (QED) is 0.610. The molecule has 1 atom stereocenters. The second kappa shape index (κ2) is 2.71. The third-order valence-corrected chi connectivity index (χ3v) is 3.12. The fourth-order valence-electron chi connectivity index (χ4n) is 2.64. The van der Waals surface area contributed by atoms with Gasteiger partial charge in [0.15, 0.2) is 0 Å². The number of rotatable bonds is 0. The van der Waals surface area contributed by atoms with E-state index in [4.69, 9.17) is 4.74 Å². The molecule has 2 aliphatic rings. The molecule has 2 fully saturated rings. The molecule has 1 spiro atoms. The zero-order chi connectivity index (χ0) is 9.53. The van der Waals surface area contributed by atoms with Gasteiger partial charge < -0.3 is 10.1 Å². The molecule has 13 heavy (non-hydrogen) atoms. The van der Waals surface area contributed by atoms with E-state index in [9.17, 15) is 4.79 Å². The van der Waals surface area contributed by atoms with E-state index in [0.29, 0.717) is 6.42 Å². The van der Waals surface area contributed by atoms with Crippen LogP contribution in [0.15, 0.2) is 0 Å². The molecule has 0 aromatic carbocycles. The summed E-state index contributed by atoms with van der Waals surface area (Å²) in [5.41, 5.74) is 0.142. The molecule has 3 nitrogen and oxygen atoms in total. The Morgan fingerprint density at radius 1 is 1.46 bits per heavy atom. The van der Waals surface area contributed by atoms with E-state index in [1.54, 1.807) is 0 Å². The summed E-state index contributed by atoms with van der Waals surface area (Å²) in [7, 11) is 0. The van der Waals surface area contributed by atoms with E-state index in [2.05, 4.69) is 19.2 Å². The Bertz CT molecular complexity index is 237. The molecule has 0 aromatic rings. The van der Waals surface area contributed by atoms with Gasteiger partial charge in [0.05, 0.1) is 5.60 Å². The van der Waals surface area contributed by atoms with Crippen molar-refractivity contribution in [1.29, 1.82) is 0 Å². The van der Waals surface area contributed by atoms with Gasteiger partial charge in [0.25, 0.3) is 0 Å². The number of nitrogens with one attached hydrogen (secondary N) is 1. The Kier molecular flexibility index (Phi) is 1.88. The monoisotopic (exact) mass is 183 g/mol. The van der Waals surface area contributed by atoms with Crippen molar-refractivity contribution in [3.8, 4) is 0 Å². The average molecular weight is 183 g/mol. The van der Waals surface area contributed by atoms with Crippen LogP contribution >= 0.6 is 0 Å². The first-order valence-electron chi connectivity index (χ1n) is 4.92. The predicted molar refractivity (Wildman–Crippen MR) is 49.3 cm³/mol. The highest BCUT2D eigenvalue weighted by atomic mass is 16.5. The number of carbonyl (C=O) groups is 1. The van der Waals surface area contributed by atoms with Crippen molar-refractivity contribution >= 4 is 5.91 Å². The third kappa shape index (κ3) is 1.70. The molecule has 2 aliphatic heterocycles. The van der Waals surface area contributed by atoms with Gasteiger partial charge in [-0.05, 0) is 26.7 Å². The van der Waals surface area contributed by atoms with Crippen molar-refractivity contribution < 1.29 is 9.53 Å². The van der Waals surface area contributed by atoms with Gasteiger partial charge in [0.2, 0.25) is 5.91 Å². The van der Waals surface area contributed by atoms with Gasteiger partial charge in [0.1, 0.15) is 0 Å². The Hall–Kier alpha value is -0.570. The van der Waals surface area contributed by atoms with Crippen LogP contribution in [0.25, 0.3) is 0 Å². The number of carbonyl (C=O) groups excluding carboxylic acids is 1. The second-order valence-corrected chi connectivity index (χ2v) is 4.99. The molecule has 1 unspecified atom stereocenters. The highest BCUT2D eigenvalue weighted by Gasteiger charge is 2.45. The van der Waals surface area contributed by atoms with Crippen molar-refractivity contribution in [2.24, 2.45) is 5.41 Å². The van der Waals surface area contributed by atoms with Gasteiger partial charge in [-0.3, -0.25) is 4.79 Å². The summed E-state index contributed by atoms with van der Waals surface area (Å²) >= 11 is 0. The molecule has 0 bridgehead atoms. The van der Waals surface area contributed by atoms with E-state index >= 15 is 0 Å². The van der Waals surface area contributed by atoms with Crippen LogP contribution in [-0.4, -0.2) is 24.7 Å². The molecule has 0 aliphatic carbocycles. The van der Waals surface area contributed by atoms with E-state index in [0.717, 1.165) is 26.0 Å². The maximum atomic E-state index is 11.2. The minimum absolute atomic E-state index is 0.0510. The second-order valence-electron chi connectivity index (χ2n) is 4.99. The largest absolute Gasteiger partial charge is 0.376 e. The van der Waals surface area contributed by atoms with Crippen molar-refractivity contribution in [1.82, 2.24) is 5.32 Å². The van der Waals surface area contributed by atoms with Gasteiger partial charge in [0, 0.05) is 25.0 Å². The van der Waals surface area contributed by atoms with Crippen LogP contribution < -0.4 is 5.32 Å². The fourth-order valence-corrected chi connectivity index (χ4v) is 2.64. The van der Waals surface area contributed by atoms with Crippen molar-refractivity contribution in [3.05, 3.63) is 0 Å². The van der Waals surface area contributed by atoms with Crippen LogP contribution in [0.1, 0.15) is 33.1 Å². The van der Waals surface area contributed by atoms with Gasteiger partial charge in [-0.2, -0.15) is 0 Å². The fraction of sp³-hybridized carbons (Fsp3) is 0.900. The topological polar surface area (TPSA) is 38.3 Å². The molecule has 2 heterocycles. The van der Waals surface area contributed by atoms with Crippen LogP contribution in [0.3, 0.4) is 0 Å². The summed E-state index contributed by atoms with van der Waals surface area (Å²) in [6.07, 6.45) is 2.72. The van der Waals surface area contributed by atoms with Crippen LogP contribution in [0.5, 0.6) is 0 Å². The minimum Gasteiger partial charge on any atom is -0.376 e. The van der Waals surface area contributed by atoms with Crippen molar-refractivity contribution in [2.75, 3.05) is 13.2 Å². The van der Waals surface area contributed by atoms with Gasteiger partial charge >= 0.3 is 0 Å². The SMILES string of the molecule is CC1(C)CC2(CCO1)CNC(=O)C2. The third-order valence-electron chi connectivity index (χ3n) is 3.12. The summed E-state index contributed by atoms with van der Waals surface area (Å²) in [6.45, 7) is 5.86.